The molecule has 2 amide bonds. The summed E-state index contributed by atoms with van der Waals surface area (Å²) in [6, 6.07) is 40.5. The first-order valence-electron chi connectivity index (χ1n) is 23.8. The molecule has 5 atom stereocenters. The Morgan fingerprint density at radius 2 is 1.61 bits per heavy atom. The number of nitrogens with one attached hydrogen (secondary N) is 1. The number of non-ortho nitro benzene ring substituents is 1. The van der Waals surface area contributed by atoms with Crippen LogP contribution in [0.4, 0.5) is 22.7 Å². The van der Waals surface area contributed by atoms with E-state index in [1.807, 2.05) is 96.0 Å². The zero-order valence-corrected chi connectivity index (χ0v) is 40.4. The number of nitro groups is 1. The third-order valence-electron chi connectivity index (χ3n) is 15.5. The SMILES string of the molecule is COc1ccc([Si](C)(C)[C@@H]2[C@@H](CCn3cc(C(CO)c4ccccc4)nn3)O[C@]3(C(=O)N(Cc4ccc(N5CN(c6ccccc6)C6(CCNCC6)C5=O)cc4)c4ccc([N+](=O)[O-])cc43)[C@H]2C)cc1. The molecule has 3 fully saturated rings. The number of amides is 2. The largest absolute Gasteiger partial charge is 0.497 e. The smallest absolute Gasteiger partial charge is 0.269 e. The van der Waals surface area contributed by atoms with Crippen molar-refractivity contribution in [2.24, 2.45) is 5.92 Å². The van der Waals surface area contributed by atoms with Crippen LogP contribution in [-0.4, -0.2) is 90.0 Å². The molecule has 4 aliphatic rings. The number of rotatable bonds is 14. The number of carbonyl (C=O) groups is 2. The second-order valence-electron chi connectivity index (χ2n) is 19.4. The molecule has 0 saturated carbocycles. The molecule has 10 rings (SSSR count). The molecule has 5 heterocycles. The van der Waals surface area contributed by atoms with Gasteiger partial charge in [-0.2, -0.15) is 0 Å². The summed E-state index contributed by atoms with van der Waals surface area (Å²) in [4.78, 5) is 47.9. The van der Waals surface area contributed by atoms with E-state index in [-0.39, 0.29) is 42.1 Å². The molecular weight excluding hydrogens is 889 g/mol. The standard InChI is InChI=1S/C53H58N8O7Si/c1-36-49(69(3,4)43-22-20-42(67-2)21-23-43)48(25-30-57-33-46(55-56-57)44(34-62)38-11-7-5-8-12-38)68-53(36)45-31-41(61(65)66)19-24-47(45)58(51(53)64)32-37-15-17-39(18-16-37)59-35-60(40-13-9-6-10-14-40)52(50(59)63)26-28-54-29-27-52/h5-24,31,33,36,44,48-49,54,62H,25-30,32,34-35H2,1-4H3/t36-,44?,48+,49-,53+/m0/s1. The maximum absolute atomic E-state index is 15.6. The summed E-state index contributed by atoms with van der Waals surface area (Å²) >= 11 is 0. The van der Waals surface area contributed by atoms with Gasteiger partial charge in [0.05, 0.1) is 63.3 Å². The summed E-state index contributed by atoms with van der Waals surface area (Å²) in [5, 5.41) is 36.4. The van der Waals surface area contributed by atoms with Crippen molar-refractivity contribution in [3.63, 3.8) is 0 Å². The fourth-order valence-corrected chi connectivity index (χ4v) is 15.9. The fraction of sp³-hybridized carbons (Fsp3) is 0.358. The quantitative estimate of drug-likeness (QED) is 0.0649. The number of anilines is 3. The van der Waals surface area contributed by atoms with Crippen LogP contribution >= 0.6 is 0 Å². The molecule has 69 heavy (non-hydrogen) atoms. The molecule has 0 radical (unpaired) electrons. The van der Waals surface area contributed by atoms with Crippen molar-refractivity contribution < 1.29 is 29.1 Å². The maximum Gasteiger partial charge on any atom is 0.269 e. The number of benzene rings is 5. The lowest BCUT2D eigenvalue weighted by Crippen LogP contribution is -2.55. The molecule has 356 valence electrons. The number of hydrogen-bond acceptors (Lipinski definition) is 11. The van der Waals surface area contributed by atoms with Crippen LogP contribution in [0.5, 0.6) is 5.75 Å². The Morgan fingerprint density at radius 3 is 2.28 bits per heavy atom. The number of nitrogens with zero attached hydrogens (tertiary/aromatic N) is 7. The molecular formula is C53H58N8O7Si. The summed E-state index contributed by atoms with van der Waals surface area (Å²) in [5.41, 5.74) is 2.85. The third kappa shape index (κ3) is 7.88. The van der Waals surface area contributed by atoms with Gasteiger partial charge < -0.3 is 29.7 Å². The number of para-hydroxylation sites is 1. The zero-order valence-electron chi connectivity index (χ0n) is 39.4. The molecule has 0 bridgehead atoms. The van der Waals surface area contributed by atoms with Gasteiger partial charge in [0.1, 0.15) is 11.3 Å². The van der Waals surface area contributed by atoms with Gasteiger partial charge in [-0.3, -0.25) is 29.3 Å². The van der Waals surface area contributed by atoms with Crippen molar-refractivity contribution in [2.45, 2.75) is 81.1 Å². The Labute approximate surface area is 402 Å². The Bertz CT molecular complexity index is 2840. The van der Waals surface area contributed by atoms with Crippen LogP contribution in [-0.2, 0) is 33.0 Å². The monoisotopic (exact) mass is 946 g/mol. The number of aliphatic hydroxyl groups excluding tert-OH is 1. The third-order valence-corrected chi connectivity index (χ3v) is 19.9. The van der Waals surface area contributed by atoms with E-state index < -0.39 is 36.2 Å². The number of aromatic nitrogens is 3. The lowest BCUT2D eigenvalue weighted by Gasteiger charge is -2.39. The summed E-state index contributed by atoms with van der Waals surface area (Å²) in [7, 11) is -0.912. The van der Waals surface area contributed by atoms with E-state index in [9.17, 15) is 20.0 Å². The first-order chi connectivity index (χ1) is 33.4. The van der Waals surface area contributed by atoms with E-state index in [0.717, 1.165) is 41.3 Å². The van der Waals surface area contributed by atoms with Crippen LogP contribution < -0.4 is 29.9 Å². The first-order valence-corrected chi connectivity index (χ1v) is 26.9. The minimum atomic E-state index is -2.55. The highest BCUT2D eigenvalue weighted by molar-refractivity contribution is 6.91. The van der Waals surface area contributed by atoms with Crippen LogP contribution in [0.1, 0.15) is 54.5 Å². The van der Waals surface area contributed by atoms with E-state index in [1.54, 1.807) is 22.8 Å². The maximum atomic E-state index is 15.6. The summed E-state index contributed by atoms with van der Waals surface area (Å²) < 4.78 is 14.6. The average Bonchev–Trinajstić information content (AvgIpc) is 4.10. The molecule has 3 saturated heterocycles. The topological polar surface area (TPSA) is 168 Å². The second kappa shape index (κ2) is 18.3. The molecule has 0 aliphatic carbocycles. The van der Waals surface area contributed by atoms with E-state index in [2.05, 4.69) is 64.8 Å². The number of aryl methyl sites for hydroxylation is 1. The minimum Gasteiger partial charge on any atom is -0.497 e. The van der Waals surface area contributed by atoms with Crippen molar-refractivity contribution in [1.82, 2.24) is 20.3 Å². The Morgan fingerprint density at radius 1 is 0.913 bits per heavy atom. The van der Waals surface area contributed by atoms with Crippen LogP contribution in [0.15, 0.2) is 134 Å². The van der Waals surface area contributed by atoms with E-state index >= 15 is 4.79 Å². The number of fused-ring (bicyclic) bond motifs is 2. The van der Waals surface area contributed by atoms with Crippen molar-refractivity contribution >= 4 is 47.8 Å². The fourth-order valence-electron chi connectivity index (χ4n) is 11.9. The lowest BCUT2D eigenvalue weighted by molar-refractivity contribution is -0.385. The summed E-state index contributed by atoms with van der Waals surface area (Å²) in [6.07, 6.45) is 3.30. The Balaban J connectivity index is 0.971. The average molecular weight is 947 g/mol. The molecule has 16 heteroatoms. The lowest BCUT2D eigenvalue weighted by atomic mass is 9.82. The highest BCUT2D eigenvalue weighted by Gasteiger charge is 2.66. The number of carbonyl (C=O) groups excluding carboxylic acids is 2. The van der Waals surface area contributed by atoms with Crippen molar-refractivity contribution in [3.05, 3.63) is 166 Å². The molecule has 2 spiro atoms. The number of aliphatic hydroxyl groups is 1. The Kier molecular flexibility index (Phi) is 12.2. The van der Waals surface area contributed by atoms with E-state index in [1.165, 1.54) is 17.3 Å². The van der Waals surface area contributed by atoms with Gasteiger partial charge in [0, 0.05) is 47.7 Å². The van der Waals surface area contributed by atoms with Gasteiger partial charge in [-0.25, -0.2) is 0 Å². The van der Waals surface area contributed by atoms with Gasteiger partial charge in [0.25, 0.3) is 17.5 Å². The van der Waals surface area contributed by atoms with E-state index in [0.29, 0.717) is 49.4 Å². The zero-order chi connectivity index (χ0) is 48.1. The molecule has 1 aromatic heterocycles. The van der Waals surface area contributed by atoms with Crippen LogP contribution in [0, 0.1) is 16.0 Å². The van der Waals surface area contributed by atoms with E-state index in [4.69, 9.17) is 9.47 Å². The minimum absolute atomic E-state index is 0.0798. The van der Waals surface area contributed by atoms with Crippen LogP contribution in [0.2, 0.25) is 18.6 Å². The first kappa shape index (κ1) is 46.0. The predicted octanol–water partition coefficient (Wildman–Crippen LogP) is 7.11. The van der Waals surface area contributed by atoms with Gasteiger partial charge in [-0.1, -0.05) is 103 Å². The normalized spacial score (nSPS) is 22.4. The van der Waals surface area contributed by atoms with Crippen molar-refractivity contribution in [2.75, 3.05) is 48.2 Å². The number of ether oxygens (including phenoxy) is 2. The van der Waals surface area contributed by atoms with Crippen molar-refractivity contribution in [1.29, 1.82) is 0 Å². The molecule has 5 aromatic carbocycles. The van der Waals surface area contributed by atoms with Gasteiger partial charge in [-0.05, 0) is 91.5 Å². The van der Waals surface area contributed by atoms with Gasteiger partial charge in [0.15, 0.2) is 5.60 Å². The van der Waals surface area contributed by atoms with Gasteiger partial charge in [-0.15, -0.1) is 5.10 Å². The van der Waals surface area contributed by atoms with Crippen molar-refractivity contribution in [3.8, 4) is 5.75 Å². The number of piperidine rings is 1. The molecule has 4 aliphatic heterocycles. The number of hydrogen-bond donors (Lipinski definition) is 2. The molecule has 2 N–H and O–H groups in total. The highest BCUT2D eigenvalue weighted by atomic mass is 28.3. The number of nitro benzene ring substituents is 1. The predicted molar refractivity (Wildman–Crippen MR) is 266 cm³/mol. The van der Waals surface area contributed by atoms with Crippen LogP contribution in [0.25, 0.3) is 0 Å². The van der Waals surface area contributed by atoms with Gasteiger partial charge in [0.2, 0.25) is 0 Å². The second-order valence-corrected chi connectivity index (χ2v) is 24.1. The number of methoxy groups -OCH3 is 1. The summed E-state index contributed by atoms with van der Waals surface area (Å²) in [5.74, 6) is -0.180. The summed E-state index contributed by atoms with van der Waals surface area (Å²) in [6.45, 7) is 9.08. The van der Waals surface area contributed by atoms with Gasteiger partial charge >= 0.3 is 0 Å². The molecule has 6 aromatic rings. The molecule has 15 nitrogen and oxygen atoms in total. The molecule has 1 unspecified atom stereocenters. The highest BCUT2D eigenvalue weighted by Crippen LogP contribution is 2.60. The Hall–Kier alpha value is -6.72. The van der Waals surface area contributed by atoms with Crippen LogP contribution in [0.3, 0.4) is 0 Å².